The Bertz CT molecular complexity index is 1420. The summed E-state index contributed by atoms with van der Waals surface area (Å²) < 4.78 is 0. The second kappa shape index (κ2) is 9.65. The monoisotopic (exact) mass is 463 g/mol. The number of aryl methyl sites for hydroxylation is 2. The number of carbonyl (C=O) groups excluding carboxylic acids is 1. The van der Waals surface area contributed by atoms with E-state index in [1.807, 2.05) is 62.4 Å². The van der Waals surface area contributed by atoms with Crippen LogP contribution in [0.15, 0.2) is 77.9 Å². The highest BCUT2D eigenvalue weighted by Crippen LogP contribution is 2.33. The van der Waals surface area contributed by atoms with Crippen molar-refractivity contribution in [3.63, 3.8) is 0 Å². The molecule has 0 bridgehead atoms. The van der Waals surface area contributed by atoms with E-state index in [1.54, 1.807) is 17.5 Å². The van der Waals surface area contributed by atoms with Crippen LogP contribution in [0.5, 0.6) is 0 Å². The molecular formula is C29H25N3OS. The van der Waals surface area contributed by atoms with Gasteiger partial charge in [-0.05, 0) is 60.9 Å². The summed E-state index contributed by atoms with van der Waals surface area (Å²) in [6.07, 6.45) is 6.63. The molecule has 5 rings (SSSR count). The Balaban J connectivity index is 1.30. The molecule has 0 radical (unpaired) electrons. The van der Waals surface area contributed by atoms with E-state index in [0.717, 1.165) is 43.7 Å². The zero-order valence-electron chi connectivity index (χ0n) is 19.3. The number of allylic oxidation sites excluding steroid dienone is 1. The number of ketones is 1. The van der Waals surface area contributed by atoms with Crippen LogP contribution >= 0.6 is 11.3 Å². The number of aromatic nitrogens is 2. The van der Waals surface area contributed by atoms with Gasteiger partial charge in [-0.2, -0.15) is 0 Å². The van der Waals surface area contributed by atoms with Crippen LogP contribution in [0, 0.1) is 13.8 Å². The van der Waals surface area contributed by atoms with Gasteiger partial charge in [0.25, 0.3) is 0 Å². The summed E-state index contributed by atoms with van der Waals surface area (Å²) in [5.74, 6) is 0.192. The van der Waals surface area contributed by atoms with Crippen molar-refractivity contribution in [1.29, 1.82) is 0 Å². The van der Waals surface area contributed by atoms with Crippen LogP contribution < -0.4 is 0 Å². The molecule has 0 N–H and O–H groups in total. The Labute approximate surface area is 203 Å². The minimum absolute atomic E-state index is 0.192. The van der Waals surface area contributed by atoms with E-state index in [4.69, 9.17) is 9.98 Å². The summed E-state index contributed by atoms with van der Waals surface area (Å²) in [5.41, 5.74) is 8.61. The average molecular weight is 464 g/mol. The third-order valence-electron chi connectivity index (χ3n) is 5.84. The van der Waals surface area contributed by atoms with Gasteiger partial charge in [0, 0.05) is 18.2 Å². The lowest BCUT2D eigenvalue weighted by Gasteiger charge is -2.04. The van der Waals surface area contributed by atoms with E-state index in [9.17, 15) is 4.79 Å². The second-order valence-electron chi connectivity index (χ2n) is 8.56. The standard InChI is InChI=1S/C29H25N3OS/c1-19-6-5-7-21(14-19)15-25(33)17-28-32-20(2)29(34-28)22-9-11-26-23(16-22)18-31-27(26)12-10-24-8-3-4-13-30-24/h3-14,16H,15,17-18H2,1-2H3/b12-10+. The number of aliphatic imine (C=N–C) groups is 1. The van der Waals surface area contributed by atoms with Crippen LogP contribution in [-0.4, -0.2) is 21.5 Å². The molecule has 168 valence electrons. The van der Waals surface area contributed by atoms with Crippen LogP contribution in [0.25, 0.3) is 16.5 Å². The number of pyridine rings is 1. The normalized spacial score (nSPS) is 12.7. The Kier molecular flexibility index (Phi) is 6.28. The van der Waals surface area contributed by atoms with Crippen LogP contribution in [0.1, 0.15) is 38.6 Å². The third kappa shape index (κ3) is 4.95. The Morgan fingerprint density at radius 1 is 1.00 bits per heavy atom. The molecule has 5 heteroatoms. The maximum atomic E-state index is 12.6. The summed E-state index contributed by atoms with van der Waals surface area (Å²) >= 11 is 1.62. The fourth-order valence-electron chi connectivity index (χ4n) is 4.23. The van der Waals surface area contributed by atoms with Gasteiger partial charge in [-0.25, -0.2) is 4.98 Å². The lowest BCUT2D eigenvalue weighted by molar-refractivity contribution is -0.117. The van der Waals surface area contributed by atoms with Crippen molar-refractivity contribution >= 4 is 28.9 Å². The summed E-state index contributed by atoms with van der Waals surface area (Å²) in [6.45, 7) is 4.74. The molecule has 0 saturated carbocycles. The number of rotatable bonds is 7. The van der Waals surface area contributed by atoms with Crippen molar-refractivity contribution in [1.82, 2.24) is 9.97 Å². The van der Waals surface area contributed by atoms with E-state index in [2.05, 4.69) is 29.2 Å². The number of thiazole rings is 1. The predicted octanol–water partition coefficient (Wildman–Crippen LogP) is 6.19. The molecule has 0 fully saturated rings. The number of Topliss-reactive ketones (excluding diaryl/α,β-unsaturated/α-hetero) is 1. The summed E-state index contributed by atoms with van der Waals surface area (Å²) in [6, 6.07) is 20.5. The molecule has 3 heterocycles. The molecule has 0 atom stereocenters. The molecule has 0 aliphatic carbocycles. The predicted molar refractivity (Wildman–Crippen MR) is 139 cm³/mol. The number of benzene rings is 2. The topological polar surface area (TPSA) is 55.2 Å². The zero-order chi connectivity index (χ0) is 23.5. The Morgan fingerprint density at radius 3 is 2.74 bits per heavy atom. The number of carbonyl (C=O) groups is 1. The minimum atomic E-state index is 0.192. The molecule has 2 aromatic carbocycles. The lowest BCUT2D eigenvalue weighted by Crippen LogP contribution is -2.06. The number of fused-ring (bicyclic) bond motifs is 1. The minimum Gasteiger partial charge on any atom is -0.299 e. The largest absolute Gasteiger partial charge is 0.299 e. The highest BCUT2D eigenvalue weighted by Gasteiger charge is 2.18. The van der Waals surface area contributed by atoms with Crippen molar-refractivity contribution in [3.8, 4) is 10.4 Å². The van der Waals surface area contributed by atoms with Gasteiger partial charge in [-0.1, -0.05) is 48.0 Å². The molecule has 0 unspecified atom stereocenters. The van der Waals surface area contributed by atoms with E-state index < -0.39 is 0 Å². The van der Waals surface area contributed by atoms with E-state index >= 15 is 0 Å². The van der Waals surface area contributed by atoms with Gasteiger partial charge in [0.05, 0.1) is 34.9 Å². The van der Waals surface area contributed by atoms with Gasteiger partial charge >= 0.3 is 0 Å². The second-order valence-corrected chi connectivity index (χ2v) is 9.65. The fourth-order valence-corrected chi connectivity index (χ4v) is 5.32. The molecule has 1 aliphatic rings. The SMILES string of the molecule is Cc1cccc(CC(=O)Cc2nc(C)c(-c3ccc4c(c3)CN=C4/C=C/c3ccccn3)s2)c1. The Morgan fingerprint density at radius 2 is 1.91 bits per heavy atom. The maximum Gasteiger partial charge on any atom is 0.144 e. The highest BCUT2D eigenvalue weighted by molar-refractivity contribution is 7.15. The van der Waals surface area contributed by atoms with Gasteiger partial charge in [-0.3, -0.25) is 14.8 Å². The van der Waals surface area contributed by atoms with Crippen molar-refractivity contribution in [2.45, 2.75) is 33.2 Å². The average Bonchev–Trinajstić information content (AvgIpc) is 3.40. The van der Waals surface area contributed by atoms with Crippen molar-refractivity contribution in [2.75, 3.05) is 0 Å². The van der Waals surface area contributed by atoms with E-state index in [-0.39, 0.29) is 5.78 Å². The first-order valence-corrected chi connectivity index (χ1v) is 12.2. The molecule has 4 aromatic rings. The molecule has 1 aliphatic heterocycles. The number of nitrogens with zero attached hydrogens (tertiary/aromatic N) is 3. The first-order valence-electron chi connectivity index (χ1n) is 11.4. The number of hydrogen-bond donors (Lipinski definition) is 0. The van der Waals surface area contributed by atoms with Crippen LogP contribution in [0.3, 0.4) is 0 Å². The van der Waals surface area contributed by atoms with Gasteiger partial charge in [0.2, 0.25) is 0 Å². The zero-order valence-corrected chi connectivity index (χ0v) is 20.1. The van der Waals surface area contributed by atoms with Crippen molar-refractivity contribution < 1.29 is 4.79 Å². The van der Waals surface area contributed by atoms with Gasteiger partial charge in [-0.15, -0.1) is 11.3 Å². The van der Waals surface area contributed by atoms with E-state index in [1.165, 1.54) is 11.1 Å². The summed E-state index contributed by atoms with van der Waals surface area (Å²) in [4.78, 5) is 27.5. The Hall–Kier alpha value is -3.70. The van der Waals surface area contributed by atoms with Gasteiger partial charge < -0.3 is 0 Å². The molecular weight excluding hydrogens is 438 g/mol. The smallest absolute Gasteiger partial charge is 0.144 e. The first kappa shape index (κ1) is 22.1. The fraction of sp³-hybridized carbons (Fsp3) is 0.172. The third-order valence-corrected chi connectivity index (χ3v) is 7.04. The van der Waals surface area contributed by atoms with Crippen molar-refractivity contribution in [2.24, 2.45) is 4.99 Å². The van der Waals surface area contributed by atoms with Gasteiger partial charge in [0.15, 0.2) is 0 Å². The quantitative estimate of drug-likeness (QED) is 0.328. The van der Waals surface area contributed by atoms with Crippen LogP contribution in [0.2, 0.25) is 0 Å². The molecule has 0 amide bonds. The summed E-state index contributed by atoms with van der Waals surface area (Å²) in [7, 11) is 0. The molecule has 0 spiro atoms. The molecule has 4 nitrogen and oxygen atoms in total. The number of hydrogen-bond acceptors (Lipinski definition) is 5. The lowest BCUT2D eigenvalue weighted by atomic mass is 10.0. The summed E-state index contributed by atoms with van der Waals surface area (Å²) in [5, 5.41) is 0.876. The van der Waals surface area contributed by atoms with Crippen LogP contribution in [-0.2, 0) is 24.2 Å². The van der Waals surface area contributed by atoms with Gasteiger partial charge in [0.1, 0.15) is 10.8 Å². The van der Waals surface area contributed by atoms with Crippen molar-refractivity contribution in [3.05, 3.63) is 112 Å². The molecule has 34 heavy (non-hydrogen) atoms. The first-order chi connectivity index (χ1) is 16.5. The van der Waals surface area contributed by atoms with Crippen LogP contribution in [0.4, 0.5) is 0 Å². The van der Waals surface area contributed by atoms with E-state index in [0.29, 0.717) is 19.4 Å². The molecule has 0 saturated heterocycles. The molecule has 2 aromatic heterocycles. The highest BCUT2D eigenvalue weighted by atomic mass is 32.1. The maximum absolute atomic E-state index is 12.6.